The Morgan fingerprint density at radius 2 is 1.65 bits per heavy atom. The average Bonchev–Trinajstić information content (AvgIpc) is 1.26. The maximum absolute atomic E-state index is 17.7. The zero-order chi connectivity index (χ0) is 64.3. The van der Waals surface area contributed by atoms with Crippen LogP contribution >= 0.6 is 11.3 Å². The summed E-state index contributed by atoms with van der Waals surface area (Å²) in [6, 6.07) is 21.5. The highest BCUT2D eigenvalue weighted by Crippen LogP contribution is 2.41. The van der Waals surface area contributed by atoms with E-state index >= 15 is 4.39 Å². The largest absolute Gasteiger partial charge is 0.506 e. The van der Waals surface area contributed by atoms with Gasteiger partial charge in [-0.3, -0.25) is 28.8 Å². The number of hydrogen-bond acceptors (Lipinski definition) is 16. The zero-order valence-electron chi connectivity index (χ0n) is 53.4. The van der Waals surface area contributed by atoms with Gasteiger partial charge in [-0.25, -0.2) is 14.2 Å². The molecule has 5 aromatic heterocycles. The Morgan fingerprint density at radius 1 is 0.890 bits per heavy atom. The molecule has 3 saturated heterocycles. The number of anilines is 1. The van der Waals surface area contributed by atoms with Gasteiger partial charge in [0.05, 0.1) is 45.4 Å². The topological polar surface area (TPSA) is 221 Å². The maximum Gasteiger partial charge on any atom is 0.410 e. The SMILES string of the molecule is CCc1cccc2cc(OCOC)cc(-c3ncc4c(N5C[C@@H]6CC[C@@H](C5)N6C(=O)OC(C)(C)C)nc(OCc5cccn5CCC5CCN(CCC(=O)N[C@H](C(=O)n6cc(O)cc6C(=O)NCc6ccc(-c7scnc7C)cc6)C(C)(C)C)CC5)nc4c3F)c12. The number of carbonyl (C=O) groups is 4. The van der Waals surface area contributed by atoms with E-state index in [9.17, 15) is 24.3 Å². The molecular weight excluding hydrogens is 1180 g/mol. The van der Waals surface area contributed by atoms with Crippen molar-refractivity contribution in [3.05, 3.63) is 131 Å². The standard InChI is InChI=1S/C69H82FN11O9S/c1-10-45-13-11-14-47-31-52(89-41-87-9)33-53(57(45)47)59-58(70)60-54(35-71-59)63(79-36-48-20-21-49(37-79)81(48)67(86)90-69(6,7)8)76-66(75-60)88-39-50-15-12-26-78(50)30-24-43-22-27-77(28-23-43)29-25-56(83)74-62(68(3,4)5)65(85)80-38-51(82)32-55(80)64(84)72-34-44-16-18-46(19-17-44)61-42(2)73-40-91-61/h11-19,26,31-33,35,38,40,43,48-49,62,82H,10,20-25,27-30,34,36-37,39,41H2,1-9H3,(H,72,84)(H,74,83)/t48-,49-,62+/m0/s1. The van der Waals surface area contributed by atoms with Crippen molar-refractivity contribution >= 4 is 62.6 Å². The minimum atomic E-state index is -0.996. The summed E-state index contributed by atoms with van der Waals surface area (Å²) >= 11 is 1.56. The van der Waals surface area contributed by atoms with Crippen LogP contribution in [0.15, 0.2) is 96.9 Å². The van der Waals surface area contributed by atoms with Crippen LogP contribution in [0.25, 0.3) is 43.4 Å². The highest BCUT2D eigenvalue weighted by atomic mass is 32.1. The lowest BCUT2D eigenvalue weighted by atomic mass is 9.86. The number of aryl methyl sites for hydroxylation is 3. The number of fused-ring (bicyclic) bond motifs is 4. The lowest BCUT2D eigenvalue weighted by Crippen LogP contribution is -2.57. The molecule has 3 fully saturated rings. The summed E-state index contributed by atoms with van der Waals surface area (Å²) in [5.74, 6) is -0.802. The molecule has 480 valence electrons. The van der Waals surface area contributed by atoms with E-state index in [4.69, 9.17) is 33.9 Å². The number of rotatable bonds is 21. The van der Waals surface area contributed by atoms with Crippen molar-refractivity contribution in [2.45, 2.75) is 144 Å². The van der Waals surface area contributed by atoms with Crippen molar-refractivity contribution in [3.63, 3.8) is 0 Å². The number of carbonyl (C=O) groups excluding carboxylic acids is 4. The van der Waals surface area contributed by atoms with Crippen LogP contribution in [0.2, 0.25) is 0 Å². The van der Waals surface area contributed by atoms with Crippen molar-refractivity contribution in [2.24, 2.45) is 11.3 Å². The lowest BCUT2D eigenvalue weighted by molar-refractivity contribution is -0.122. The maximum atomic E-state index is 17.7. The van der Waals surface area contributed by atoms with Gasteiger partial charge in [0.25, 0.3) is 11.8 Å². The molecule has 2 bridgehead atoms. The normalized spacial score (nSPS) is 16.8. The van der Waals surface area contributed by atoms with Crippen LogP contribution in [0, 0.1) is 24.1 Å². The Labute approximate surface area is 534 Å². The smallest absolute Gasteiger partial charge is 0.410 e. The van der Waals surface area contributed by atoms with Gasteiger partial charge in [0.1, 0.15) is 52.5 Å². The Balaban J connectivity index is 0.722. The molecule has 91 heavy (non-hydrogen) atoms. The van der Waals surface area contributed by atoms with E-state index in [1.165, 1.54) is 12.3 Å². The number of methoxy groups -OCH3 is 1. The van der Waals surface area contributed by atoms with Gasteiger partial charge in [0.15, 0.2) is 12.6 Å². The molecule has 3 atom stereocenters. The second-order valence-electron chi connectivity index (χ2n) is 26.2. The number of aromatic nitrogens is 6. The van der Waals surface area contributed by atoms with E-state index < -0.39 is 34.7 Å². The molecule has 8 aromatic rings. The minimum Gasteiger partial charge on any atom is -0.506 e. The first-order valence-corrected chi connectivity index (χ1v) is 32.3. The van der Waals surface area contributed by atoms with Crippen LogP contribution in [-0.2, 0) is 40.4 Å². The highest BCUT2D eigenvalue weighted by Gasteiger charge is 2.45. The minimum absolute atomic E-state index is 0.0109. The first-order valence-electron chi connectivity index (χ1n) is 31.4. The van der Waals surface area contributed by atoms with E-state index in [-0.39, 0.29) is 79.1 Å². The second-order valence-corrected chi connectivity index (χ2v) is 27.0. The zero-order valence-corrected chi connectivity index (χ0v) is 54.2. The van der Waals surface area contributed by atoms with E-state index in [0.717, 1.165) is 100 Å². The molecule has 3 aromatic carbocycles. The number of benzene rings is 3. The molecule has 3 aliphatic heterocycles. The number of piperidine rings is 1. The summed E-state index contributed by atoms with van der Waals surface area (Å²) in [6.45, 7) is 19.3. The molecule has 3 amide bonds. The summed E-state index contributed by atoms with van der Waals surface area (Å²) in [4.78, 5) is 81.4. The predicted molar refractivity (Wildman–Crippen MR) is 348 cm³/mol. The Hall–Kier alpha value is -8.47. The molecule has 0 aliphatic carbocycles. The summed E-state index contributed by atoms with van der Waals surface area (Å²) < 4.78 is 44.6. The number of piperazine rings is 1. The summed E-state index contributed by atoms with van der Waals surface area (Å²) in [6.07, 6.45) is 9.83. The van der Waals surface area contributed by atoms with Crippen LogP contribution in [-0.4, -0.2) is 138 Å². The Bertz CT molecular complexity index is 3940. The molecule has 0 saturated carbocycles. The number of nitrogens with zero attached hydrogens (tertiary/aromatic N) is 9. The van der Waals surface area contributed by atoms with Crippen molar-refractivity contribution in [1.82, 2.24) is 49.5 Å². The molecule has 3 aliphatic rings. The van der Waals surface area contributed by atoms with Gasteiger partial charge < -0.3 is 49.1 Å². The van der Waals surface area contributed by atoms with Crippen LogP contribution < -0.4 is 25.0 Å². The number of nitrogens with one attached hydrogen (secondary N) is 2. The number of pyridine rings is 1. The molecule has 22 heteroatoms. The molecule has 3 N–H and O–H groups in total. The van der Waals surface area contributed by atoms with E-state index in [1.54, 1.807) is 30.7 Å². The van der Waals surface area contributed by atoms with Gasteiger partial charge in [-0.15, -0.1) is 11.3 Å². The van der Waals surface area contributed by atoms with Gasteiger partial charge in [-0.2, -0.15) is 9.97 Å². The van der Waals surface area contributed by atoms with Crippen LogP contribution in [0.4, 0.5) is 15.0 Å². The summed E-state index contributed by atoms with van der Waals surface area (Å²) in [5.41, 5.74) is 5.91. The Morgan fingerprint density at radius 3 is 2.34 bits per heavy atom. The molecule has 11 rings (SSSR count). The fraction of sp³-hybridized carbons (Fsp3) is 0.449. The van der Waals surface area contributed by atoms with Gasteiger partial charge >= 0.3 is 12.1 Å². The van der Waals surface area contributed by atoms with Gasteiger partial charge in [0.2, 0.25) is 5.91 Å². The lowest BCUT2D eigenvalue weighted by Gasteiger charge is -2.42. The number of aromatic hydroxyl groups is 1. The molecule has 20 nitrogen and oxygen atoms in total. The van der Waals surface area contributed by atoms with Crippen molar-refractivity contribution in [3.8, 4) is 39.2 Å². The highest BCUT2D eigenvalue weighted by molar-refractivity contribution is 7.13. The van der Waals surface area contributed by atoms with Gasteiger partial charge in [0, 0.05) is 70.3 Å². The molecule has 0 spiro atoms. The van der Waals surface area contributed by atoms with Crippen molar-refractivity contribution < 1.29 is 47.6 Å². The average molecular weight is 1260 g/mol. The fourth-order valence-electron chi connectivity index (χ4n) is 12.8. The van der Waals surface area contributed by atoms with Gasteiger partial charge in [-0.05, 0) is 142 Å². The number of thiazole rings is 1. The van der Waals surface area contributed by atoms with Crippen molar-refractivity contribution in [1.29, 1.82) is 0 Å². The molecule has 0 unspecified atom stereocenters. The monoisotopic (exact) mass is 1260 g/mol. The first-order chi connectivity index (χ1) is 43.6. The van der Waals surface area contributed by atoms with E-state index in [0.29, 0.717) is 54.5 Å². The summed E-state index contributed by atoms with van der Waals surface area (Å²) in [5, 5.41) is 18.6. The third-order valence-electron chi connectivity index (χ3n) is 17.6. The van der Waals surface area contributed by atoms with E-state index in [1.807, 2.05) is 126 Å². The van der Waals surface area contributed by atoms with Crippen LogP contribution in [0.5, 0.6) is 17.5 Å². The number of amides is 3. The molecule has 0 radical (unpaired) electrons. The summed E-state index contributed by atoms with van der Waals surface area (Å²) in [7, 11) is 1.55. The second kappa shape index (κ2) is 27.2. The van der Waals surface area contributed by atoms with Crippen molar-refractivity contribution in [2.75, 3.05) is 51.5 Å². The predicted octanol–water partition coefficient (Wildman–Crippen LogP) is 11.7. The van der Waals surface area contributed by atoms with Crippen LogP contribution in [0.1, 0.15) is 125 Å². The number of hydrogen-bond donors (Lipinski definition) is 3. The third kappa shape index (κ3) is 14.5. The molecular formula is C69H82FN11O9S. The third-order valence-corrected chi connectivity index (χ3v) is 18.5. The number of likely N-dealkylation sites (tertiary alicyclic amines) is 1. The number of ether oxygens (including phenoxy) is 4. The van der Waals surface area contributed by atoms with Gasteiger partial charge in [-0.1, -0.05) is 70.2 Å². The van der Waals surface area contributed by atoms with E-state index in [2.05, 4.69) is 36.9 Å². The fourth-order valence-corrected chi connectivity index (χ4v) is 13.7. The quantitative estimate of drug-likeness (QED) is 0.0570. The number of halogens is 1. The first kappa shape index (κ1) is 64.1. The molecule has 8 heterocycles. The Kier molecular flexibility index (Phi) is 19.1. The van der Waals surface area contributed by atoms with Crippen LogP contribution in [0.3, 0.4) is 0 Å².